The van der Waals surface area contributed by atoms with Crippen molar-refractivity contribution in [1.82, 2.24) is 0 Å². The van der Waals surface area contributed by atoms with Crippen LogP contribution in [0.2, 0.25) is 0 Å². The van der Waals surface area contributed by atoms with Gasteiger partial charge in [-0.1, -0.05) is 143 Å². The van der Waals surface area contributed by atoms with E-state index in [1.54, 1.807) is 7.11 Å². The van der Waals surface area contributed by atoms with Crippen LogP contribution in [0.15, 0.2) is 133 Å². The first-order valence-corrected chi connectivity index (χ1v) is 17.6. The number of methoxy groups -OCH3 is 1. The van der Waals surface area contributed by atoms with Gasteiger partial charge in [0.1, 0.15) is 11.5 Å². The van der Waals surface area contributed by atoms with Gasteiger partial charge in [-0.15, -0.1) is 0 Å². The van der Waals surface area contributed by atoms with E-state index < -0.39 is 5.60 Å². The molecule has 0 saturated carbocycles. The van der Waals surface area contributed by atoms with E-state index in [9.17, 15) is 0 Å². The van der Waals surface area contributed by atoms with Gasteiger partial charge in [-0.3, -0.25) is 0 Å². The fourth-order valence-corrected chi connectivity index (χ4v) is 9.46. The van der Waals surface area contributed by atoms with E-state index in [2.05, 4.69) is 155 Å². The minimum atomic E-state index is -0.867. The maximum absolute atomic E-state index is 7.64. The fourth-order valence-electron chi connectivity index (χ4n) is 9.46. The minimum Gasteiger partial charge on any atom is -0.497 e. The van der Waals surface area contributed by atoms with E-state index in [4.69, 9.17) is 9.47 Å². The molecule has 0 fully saturated rings. The lowest BCUT2D eigenvalue weighted by molar-refractivity contribution is 0.163. The molecule has 0 bridgehead atoms. The van der Waals surface area contributed by atoms with E-state index in [-0.39, 0.29) is 10.8 Å². The van der Waals surface area contributed by atoms with Crippen molar-refractivity contribution in [3.8, 4) is 33.8 Å². The zero-order valence-electron chi connectivity index (χ0n) is 29.1. The molecule has 1 unspecified atom stereocenters. The summed E-state index contributed by atoms with van der Waals surface area (Å²) in [5.74, 6) is 1.76. The van der Waals surface area contributed by atoms with Crippen LogP contribution in [0.5, 0.6) is 11.5 Å². The SMILES string of the molecule is COc1ccc(C2(c3ccc4c(c3)C(C)(C)c3ccc5ccccc5c3-4)C=Cc3c4c(c5ccccc5c3O2)-c2ccccc2C4(C)C)cc1. The Balaban J connectivity index is 1.24. The zero-order chi connectivity index (χ0) is 34.0. The average molecular weight is 647 g/mol. The third kappa shape index (κ3) is 3.69. The summed E-state index contributed by atoms with van der Waals surface area (Å²) in [6.45, 7) is 9.44. The van der Waals surface area contributed by atoms with Gasteiger partial charge >= 0.3 is 0 Å². The van der Waals surface area contributed by atoms with Gasteiger partial charge in [-0.2, -0.15) is 0 Å². The zero-order valence-corrected chi connectivity index (χ0v) is 29.1. The molecule has 1 atom stereocenters. The van der Waals surface area contributed by atoms with Crippen molar-refractivity contribution in [2.45, 2.75) is 44.1 Å². The Morgan fingerprint density at radius 2 is 1.22 bits per heavy atom. The molecule has 1 aliphatic heterocycles. The van der Waals surface area contributed by atoms with Crippen LogP contribution in [-0.4, -0.2) is 7.11 Å². The van der Waals surface area contributed by atoms with E-state index >= 15 is 0 Å². The van der Waals surface area contributed by atoms with E-state index in [1.165, 1.54) is 66.2 Å². The molecule has 1 heterocycles. The van der Waals surface area contributed by atoms with Crippen LogP contribution in [0.4, 0.5) is 0 Å². The Morgan fingerprint density at radius 1 is 0.540 bits per heavy atom. The van der Waals surface area contributed by atoms with Crippen molar-refractivity contribution in [2.24, 2.45) is 0 Å². The van der Waals surface area contributed by atoms with Crippen LogP contribution < -0.4 is 9.47 Å². The van der Waals surface area contributed by atoms with Gasteiger partial charge in [0.15, 0.2) is 5.60 Å². The van der Waals surface area contributed by atoms with Crippen molar-refractivity contribution in [3.63, 3.8) is 0 Å². The summed E-state index contributed by atoms with van der Waals surface area (Å²) in [7, 11) is 1.72. The molecular weight excluding hydrogens is 609 g/mol. The molecule has 50 heavy (non-hydrogen) atoms. The highest BCUT2D eigenvalue weighted by Crippen LogP contribution is 2.59. The number of ether oxygens (including phenoxy) is 2. The molecule has 7 aromatic rings. The Labute approximate surface area is 293 Å². The van der Waals surface area contributed by atoms with Crippen LogP contribution in [0, 0.1) is 0 Å². The third-order valence-corrected chi connectivity index (χ3v) is 12.0. The van der Waals surface area contributed by atoms with Gasteiger partial charge in [0, 0.05) is 32.9 Å². The summed E-state index contributed by atoms with van der Waals surface area (Å²) < 4.78 is 13.3. The number of hydrogen-bond acceptors (Lipinski definition) is 2. The van der Waals surface area contributed by atoms with Gasteiger partial charge in [-0.05, 0) is 84.9 Å². The Hall–Kier alpha value is -5.60. The van der Waals surface area contributed by atoms with Crippen molar-refractivity contribution < 1.29 is 9.47 Å². The summed E-state index contributed by atoms with van der Waals surface area (Å²) in [5.41, 5.74) is 12.8. The molecule has 0 radical (unpaired) electrons. The number of fused-ring (bicyclic) bond motifs is 13. The van der Waals surface area contributed by atoms with Crippen LogP contribution in [0.25, 0.3) is 49.9 Å². The predicted octanol–water partition coefficient (Wildman–Crippen LogP) is 12.0. The third-order valence-electron chi connectivity index (χ3n) is 12.0. The second kappa shape index (κ2) is 9.98. The Bertz CT molecular complexity index is 2600. The Morgan fingerprint density at radius 3 is 2.02 bits per heavy atom. The first-order chi connectivity index (χ1) is 24.2. The predicted molar refractivity (Wildman–Crippen MR) is 206 cm³/mol. The monoisotopic (exact) mass is 646 g/mol. The molecule has 0 amide bonds. The maximum Gasteiger partial charge on any atom is 0.178 e. The average Bonchev–Trinajstić information content (AvgIpc) is 3.54. The molecule has 0 N–H and O–H groups in total. The summed E-state index contributed by atoms with van der Waals surface area (Å²) in [4.78, 5) is 0. The molecule has 2 aliphatic carbocycles. The van der Waals surface area contributed by atoms with Crippen molar-refractivity contribution in [2.75, 3.05) is 7.11 Å². The van der Waals surface area contributed by atoms with Gasteiger partial charge < -0.3 is 9.47 Å². The first-order valence-electron chi connectivity index (χ1n) is 17.6. The second-order valence-corrected chi connectivity index (χ2v) is 15.2. The van der Waals surface area contributed by atoms with E-state index in [1.807, 2.05) is 12.1 Å². The molecule has 242 valence electrons. The molecule has 0 saturated heterocycles. The van der Waals surface area contributed by atoms with Crippen LogP contribution >= 0.6 is 0 Å². The summed E-state index contributed by atoms with van der Waals surface area (Å²) in [6, 6.07) is 46.5. The van der Waals surface area contributed by atoms with Crippen molar-refractivity contribution in [1.29, 1.82) is 0 Å². The lowest BCUT2D eigenvalue weighted by Gasteiger charge is -2.39. The maximum atomic E-state index is 7.64. The molecule has 3 aliphatic rings. The largest absolute Gasteiger partial charge is 0.497 e. The topological polar surface area (TPSA) is 18.5 Å². The standard InChI is InChI=1S/C48H38O2/c1-46(2)40-25-18-29-12-6-7-13-33(29)42(40)37-24-21-31(28-41(37)46)48(30-19-22-32(49-5)23-20-30)27-26-38-44-43(34-14-8-9-15-35(34)45(38)50-48)36-16-10-11-17-39(36)47(44,3)4/h6-28H,1-5H3. The quantitative estimate of drug-likeness (QED) is 0.190. The van der Waals surface area contributed by atoms with Crippen LogP contribution in [0.3, 0.4) is 0 Å². The van der Waals surface area contributed by atoms with Gasteiger partial charge in [0.05, 0.1) is 7.11 Å². The number of rotatable bonds is 3. The normalized spacial score (nSPS) is 18.6. The van der Waals surface area contributed by atoms with Crippen LogP contribution in [-0.2, 0) is 16.4 Å². The highest BCUT2D eigenvalue weighted by Gasteiger charge is 2.45. The Kier molecular flexibility index (Phi) is 5.86. The van der Waals surface area contributed by atoms with Crippen molar-refractivity contribution in [3.05, 3.63) is 172 Å². The smallest absolute Gasteiger partial charge is 0.178 e. The molecule has 0 aromatic heterocycles. The fraction of sp³-hybridized carbons (Fsp3) is 0.167. The van der Waals surface area contributed by atoms with E-state index in [0.29, 0.717) is 0 Å². The summed E-state index contributed by atoms with van der Waals surface area (Å²) in [5, 5.41) is 4.95. The summed E-state index contributed by atoms with van der Waals surface area (Å²) >= 11 is 0. The molecule has 2 heteroatoms. The molecular formula is C48H38O2. The number of hydrogen-bond donors (Lipinski definition) is 0. The second-order valence-electron chi connectivity index (χ2n) is 15.2. The number of benzene rings is 7. The molecule has 0 spiro atoms. The van der Waals surface area contributed by atoms with E-state index in [0.717, 1.165) is 28.0 Å². The molecule has 10 rings (SSSR count). The van der Waals surface area contributed by atoms with Gasteiger partial charge in [0.25, 0.3) is 0 Å². The summed E-state index contributed by atoms with van der Waals surface area (Å²) in [6.07, 6.45) is 4.65. The highest BCUT2D eigenvalue weighted by atomic mass is 16.5. The highest BCUT2D eigenvalue weighted by molar-refractivity contribution is 6.08. The lowest BCUT2D eigenvalue weighted by Crippen LogP contribution is -2.35. The molecule has 2 nitrogen and oxygen atoms in total. The van der Waals surface area contributed by atoms with Crippen molar-refractivity contribution >= 4 is 27.6 Å². The van der Waals surface area contributed by atoms with Crippen LogP contribution in [0.1, 0.15) is 66.6 Å². The first kappa shape index (κ1) is 29.3. The van der Waals surface area contributed by atoms with Gasteiger partial charge in [-0.25, -0.2) is 0 Å². The molecule has 7 aromatic carbocycles. The van der Waals surface area contributed by atoms with Gasteiger partial charge in [0.2, 0.25) is 0 Å². The minimum absolute atomic E-state index is 0.175. The lowest BCUT2D eigenvalue weighted by atomic mass is 9.76.